The van der Waals surface area contributed by atoms with Crippen molar-refractivity contribution in [1.82, 2.24) is 0 Å². The highest BCUT2D eigenvalue weighted by molar-refractivity contribution is 5.96. The second-order valence-electron chi connectivity index (χ2n) is 6.58. The number of hydrogen-bond donors (Lipinski definition) is 2. The quantitative estimate of drug-likeness (QED) is 0.655. The van der Waals surface area contributed by atoms with E-state index in [1.54, 1.807) is 36.4 Å². The van der Waals surface area contributed by atoms with Gasteiger partial charge in [0.25, 0.3) is 0 Å². The van der Waals surface area contributed by atoms with Gasteiger partial charge >= 0.3 is 0 Å². The molecular formula is C22H22O4. The van der Waals surface area contributed by atoms with Gasteiger partial charge in [0.1, 0.15) is 0 Å². The van der Waals surface area contributed by atoms with Gasteiger partial charge < -0.3 is 14.6 Å². The number of aryl methyl sites for hydroxylation is 2. The zero-order valence-corrected chi connectivity index (χ0v) is 14.8. The molecule has 1 aromatic heterocycles. The topological polar surface area (TPSA) is 70.7 Å². The summed E-state index contributed by atoms with van der Waals surface area (Å²) in [4.78, 5) is 13.0. The average molecular weight is 350 g/mol. The van der Waals surface area contributed by atoms with Gasteiger partial charge in [0.2, 0.25) is 5.78 Å². The second kappa shape index (κ2) is 7.68. The Bertz CT molecular complexity index is 797. The van der Waals surface area contributed by atoms with E-state index >= 15 is 0 Å². The molecule has 0 aliphatic heterocycles. The largest absolute Gasteiger partial charge is 0.461 e. The Hall–Kier alpha value is -2.69. The third-order valence-corrected chi connectivity index (χ3v) is 4.58. The van der Waals surface area contributed by atoms with E-state index in [2.05, 4.69) is 0 Å². The molecule has 0 aliphatic rings. The van der Waals surface area contributed by atoms with E-state index in [0.717, 1.165) is 11.1 Å². The van der Waals surface area contributed by atoms with E-state index in [4.69, 9.17) is 4.42 Å². The highest BCUT2D eigenvalue weighted by Gasteiger charge is 2.37. The van der Waals surface area contributed by atoms with Crippen molar-refractivity contribution in [2.45, 2.75) is 26.1 Å². The number of furan rings is 1. The lowest BCUT2D eigenvalue weighted by Gasteiger charge is -2.26. The summed E-state index contributed by atoms with van der Waals surface area (Å²) in [7, 11) is 0. The fourth-order valence-corrected chi connectivity index (χ4v) is 2.98. The van der Waals surface area contributed by atoms with Gasteiger partial charge in [0.05, 0.1) is 24.4 Å². The van der Waals surface area contributed by atoms with Crippen molar-refractivity contribution in [3.8, 4) is 0 Å². The number of ketones is 1. The van der Waals surface area contributed by atoms with E-state index in [1.165, 1.54) is 6.26 Å². The number of Topliss-reactive ketones (excluding diaryl/α,β-unsaturated/α-hetero) is 1. The van der Waals surface area contributed by atoms with Gasteiger partial charge in [-0.15, -0.1) is 0 Å². The normalized spacial score (nSPS) is 13.6. The van der Waals surface area contributed by atoms with Crippen molar-refractivity contribution in [2.75, 3.05) is 0 Å². The van der Waals surface area contributed by atoms with Crippen molar-refractivity contribution in [3.63, 3.8) is 0 Å². The molecule has 0 spiro atoms. The maximum absolute atomic E-state index is 13.0. The van der Waals surface area contributed by atoms with Crippen LogP contribution in [0.1, 0.15) is 45.0 Å². The summed E-state index contributed by atoms with van der Waals surface area (Å²) in [5.41, 5.74) is 3.25. The summed E-state index contributed by atoms with van der Waals surface area (Å²) in [6.07, 6.45) is -0.921. The highest BCUT2D eigenvalue weighted by Crippen LogP contribution is 2.35. The van der Waals surface area contributed by atoms with Crippen LogP contribution in [0, 0.1) is 19.8 Å². The Kier molecular flexibility index (Phi) is 5.35. The minimum Gasteiger partial charge on any atom is -0.461 e. The zero-order chi connectivity index (χ0) is 18.7. The standard InChI is InChI=1S/C22H22O4/c1-14-5-9-16(10-6-14)20(23)19(22(25)18-4-3-13-26-18)21(24)17-11-7-15(2)8-12-17/h3-13,19-21,23-24H,1-2H3/t20-,21-/m0/s1. The second-order valence-corrected chi connectivity index (χ2v) is 6.58. The molecule has 0 bridgehead atoms. The van der Waals surface area contributed by atoms with Crippen LogP contribution in [0.2, 0.25) is 0 Å². The minimum absolute atomic E-state index is 0.118. The predicted octanol–water partition coefficient (Wildman–Crippen LogP) is 4.16. The molecule has 4 heteroatoms. The van der Waals surface area contributed by atoms with Crippen LogP contribution in [0.3, 0.4) is 0 Å². The minimum atomic E-state index is -1.16. The number of rotatable bonds is 6. The van der Waals surface area contributed by atoms with Gasteiger partial charge in [-0.1, -0.05) is 59.7 Å². The molecule has 0 radical (unpaired) electrons. The Balaban J connectivity index is 1.99. The fourth-order valence-electron chi connectivity index (χ4n) is 2.98. The summed E-state index contributed by atoms with van der Waals surface area (Å²) in [5, 5.41) is 21.8. The zero-order valence-electron chi connectivity index (χ0n) is 14.8. The fraction of sp³-hybridized carbons (Fsp3) is 0.227. The summed E-state index contributed by atoms with van der Waals surface area (Å²) in [6, 6.07) is 17.7. The average Bonchev–Trinajstić information content (AvgIpc) is 3.17. The number of aliphatic hydroxyl groups is 2. The van der Waals surface area contributed by atoms with E-state index < -0.39 is 23.9 Å². The Morgan fingerprint density at radius 3 is 1.65 bits per heavy atom. The van der Waals surface area contributed by atoms with Gasteiger partial charge in [-0.3, -0.25) is 4.79 Å². The molecule has 134 valence electrons. The lowest BCUT2D eigenvalue weighted by Crippen LogP contribution is -2.29. The maximum atomic E-state index is 13.0. The molecule has 0 unspecified atom stereocenters. The summed E-state index contributed by atoms with van der Waals surface area (Å²) in [6.45, 7) is 3.89. The van der Waals surface area contributed by atoms with Crippen LogP contribution in [0.5, 0.6) is 0 Å². The lowest BCUT2D eigenvalue weighted by atomic mass is 9.83. The number of carbonyl (C=O) groups is 1. The molecule has 1 heterocycles. The molecule has 3 aromatic rings. The summed E-state index contributed by atoms with van der Waals surface area (Å²) < 4.78 is 5.21. The number of carbonyl (C=O) groups excluding carboxylic acids is 1. The Morgan fingerprint density at radius 1 is 0.808 bits per heavy atom. The smallest absolute Gasteiger partial charge is 0.206 e. The highest BCUT2D eigenvalue weighted by atomic mass is 16.3. The van der Waals surface area contributed by atoms with Crippen LogP contribution >= 0.6 is 0 Å². The molecule has 2 atom stereocenters. The molecule has 26 heavy (non-hydrogen) atoms. The van der Waals surface area contributed by atoms with Gasteiger partial charge in [-0.05, 0) is 37.1 Å². The molecule has 0 amide bonds. The number of hydrogen-bond acceptors (Lipinski definition) is 4. The first-order chi connectivity index (χ1) is 12.5. The van der Waals surface area contributed by atoms with Gasteiger partial charge in [0.15, 0.2) is 5.76 Å². The first kappa shape index (κ1) is 18.1. The van der Waals surface area contributed by atoms with Crippen LogP contribution in [-0.4, -0.2) is 16.0 Å². The first-order valence-corrected chi connectivity index (χ1v) is 8.54. The molecule has 0 saturated carbocycles. The molecular weight excluding hydrogens is 328 g/mol. The van der Waals surface area contributed by atoms with Gasteiger partial charge in [-0.2, -0.15) is 0 Å². The molecule has 0 saturated heterocycles. The van der Waals surface area contributed by atoms with Crippen LogP contribution in [0.15, 0.2) is 71.3 Å². The molecule has 4 nitrogen and oxygen atoms in total. The van der Waals surface area contributed by atoms with E-state index in [0.29, 0.717) is 11.1 Å². The lowest BCUT2D eigenvalue weighted by molar-refractivity contribution is 0.0127. The molecule has 3 rings (SSSR count). The third kappa shape index (κ3) is 3.77. The maximum Gasteiger partial charge on any atom is 0.206 e. The monoisotopic (exact) mass is 350 g/mol. The van der Waals surface area contributed by atoms with Crippen LogP contribution in [0.25, 0.3) is 0 Å². The van der Waals surface area contributed by atoms with E-state index in [1.807, 2.05) is 38.1 Å². The molecule has 2 aromatic carbocycles. The van der Waals surface area contributed by atoms with E-state index in [9.17, 15) is 15.0 Å². The van der Waals surface area contributed by atoms with E-state index in [-0.39, 0.29) is 5.76 Å². The van der Waals surface area contributed by atoms with Crippen molar-refractivity contribution in [1.29, 1.82) is 0 Å². The van der Waals surface area contributed by atoms with Crippen molar-refractivity contribution in [2.24, 2.45) is 5.92 Å². The summed E-state index contributed by atoms with van der Waals surface area (Å²) >= 11 is 0. The number of aliphatic hydroxyl groups excluding tert-OH is 2. The van der Waals surface area contributed by atoms with Crippen molar-refractivity contribution in [3.05, 3.63) is 94.9 Å². The van der Waals surface area contributed by atoms with Crippen LogP contribution in [0.4, 0.5) is 0 Å². The van der Waals surface area contributed by atoms with Crippen molar-refractivity contribution >= 4 is 5.78 Å². The first-order valence-electron chi connectivity index (χ1n) is 8.54. The molecule has 2 N–H and O–H groups in total. The number of benzene rings is 2. The van der Waals surface area contributed by atoms with Crippen LogP contribution in [-0.2, 0) is 0 Å². The molecule has 0 fully saturated rings. The van der Waals surface area contributed by atoms with Gasteiger partial charge in [0, 0.05) is 0 Å². The Morgan fingerprint density at radius 2 is 1.27 bits per heavy atom. The third-order valence-electron chi connectivity index (χ3n) is 4.58. The van der Waals surface area contributed by atoms with Crippen molar-refractivity contribution < 1.29 is 19.4 Å². The van der Waals surface area contributed by atoms with Crippen LogP contribution < -0.4 is 0 Å². The summed E-state index contributed by atoms with van der Waals surface area (Å²) in [5.74, 6) is -1.39. The Labute approximate surface area is 152 Å². The predicted molar refractivity (Wildman–Crippen MR) is 98.8 cm³/mol. The van der Waals surface area contributed by atoms with Gasteiger partial charge in [-0.25, -0.2) is 0 Å². The molecule has 0 aliphatic carbocycles. The SMILES string of the molecule is Cc1ccc([C@H](O)C(C(=O)c2ccco2)[C@@H](O)c2ccc(C)cc2)cc1.